The third-order valence-corrected chi connectivity index (χ3v) is 4.15. The van der Waals surface area contributed by atoms with Crippen LogP contribution in [0.4, 0.5) is 0 Å². The van der Waals surface area contributed by atoms with Gasteiger partial charge in [-0.2, -0.15) is 5.10 Å². The fraction of sp³-hybridized carbons (Fsp3) is 0.250. The number of H-pyrrole nitrogens is 1. The molecule has 0 amide bonds. The Morgan fingerprint density at radius 1 is 1.21 bits per heavy atom. The number of nitrogens with zero attached hydrogens (tertiary/aromatic N) is 1. The number of rotatable bonds is 6. The summed E-state index contributed by atoms with van der Waals surface area (Å²) in [7, 11) is -3.33. The van der Waals surface area contributed by atoms with Crippen molar-refractivity contribution >= 4 is 21.6 Å². The second kappa shape index (κ2) is 6.18. The fourth-order valence-corrected chi connectivity index (χ4v) is 2.89. The van der Waals surface area contributed by atoms with Crippen LogP contribution in [-0.4, -0.2) is 25.2 Å². The molecule has 19 heavy (non-hydrogen) atoms. The van der Waals surface area contributed by atoms with E-state index >= 15 is 0 Å². The Labute approximate surface area is 117 Å². The summed E-state index contributed by atoms with van der Waals surface area (Å²) in [4.78, 5) is 0. The average molecular weight is 300 g/mol. The summed E-state index contributed by atoms with van der Waals surface area (Å²) >= 11 is 5.75. The molecule has 0 unspecified atom stereocenters. The third-order valence-electron chi connectivity index (χ3n) is 2.54. The van der Waals surface area contributed by atoms with E-state index in [4.69, 9.17) is 11.6 Å². The fourth-order valence-electron chi connectivity index (χ4n) is 1.62. The second-order valence-electron chi connectivity index (χ2n) is 4.11. The lowest BCUT2D eigenvalue weighted by Crippen LogP contribution is -2.27. The molecule has 2 rings (SSSR count). The van der Waals surface area contributed by atoms with E-state index < -0.39 is 10.0 Å². The van der Waals surface area contributed by atoms with Crippen LogP contribution < -0.4 is 4.72 Å². The van der Waals surface area contributed by atoms with Crippen LogP contribution in [0.5, 0.6) is 0 Å². The zero-order chi connectivity index (χ0) is 13.7. The van der Waals surface area contributed by atoms with Crippen molar-refractivity contribution in [2.75, 3.05) is 6.54 Å². The first-order valence-electron chi connectivity index (χ1n) is 5.75. The minimum Gasteiger partial charge on any atom is -0.283 e. The van der Waals surface area contributed by atoms with Gasteiger partial charge in [0.15, 0.2) is 0 Å². The minimum absolute atomic E-state index is 0.0485. The van der Waals surface area contributed by atoms with E-state index in [0.29, 0.717) is 23.6 Å². The molecule has 5 nitrogen and oxygen atoms in total. The van der Waals surface area contributed by atoms with Crippen molar-refractivity contribution in [3.63, 3.8) is 0 Å². The molecule has 7 heteroatoms. The van der Waals surface area contributed by atoms with Crippen LogP contribution in [0.3, 0.4) is 0 Å². The Balaban J connectivity index is 1.86. The van der Waals surface area contributed by atoms with Crippen LogP contribution >= 0.6 is 11.6 Å². The number of nitrogens with one attached hydrogen (secondary N) is 2. The lowest BCUT2D eigenvalue weighted by molar-refractivity contribution is 0.580. The van der Waals surface area contributed by atoms with Gasteiger partial charge in [0.1, 0.15) is 0 Å². The highest BCUT2D eigenvalue weighted by atomic mass is 35.5. The molecule has 0 aliphatic heterocycles. The van der Waals surface area contributed by atoms with Crippen molar-refractivity contribution in [2.24, 2.45) is 0 Å². The van der Waals surface area contributed by atoms with E-state index in [0.717, 1.165) is 5.69 Å². The van der Waals surface area contributed by atoms with Crippen molar-refractivity contribution < 1.29 is 8.42 Å². The van der Waals surface area contributed by atoms with Gasteiger partial charge in [0, 0.05) is 29.9 Å². The molecule has 0 aliphatic carbocycles. The summed E-state index contributed by atoms with van der Waals surface area (Å²) in [5.41, 5.74) is 1.60. The third kappa shape index (κ3) is 4.66. The first kappa shape index (κ1) is 14.0. The van der Waals surface area contributed by atoms with Crippen molar-refractivity contribution in [3.8, 4) is 0 Å². The summed E-state index contributed by atoms with van der Waals surface area (Å²) < 4.78 is 26.2. The van der Waals surface area contributed by atoms with Crippen molar-refractivity contribution in [1.29, 1.82) is 0 Å². The van der Waals surface area contributed by atoms with Gasteiger partial charge >= 0.3 is 0 Å². The van der Waals surface area contributed by atoms with Crippen LogP contribution in [0.2, 0.25) is 5.02 Å². The highest BCUT2D eigenvalue weighted by Crippen LogP contribution is 2.11. The van der Waals surface area contributed by atoms with E-state index in [2.05, 4.69) is 14.9 Å². The number of halogens is 1. The van der Waals surface area contributed by atoms with Gasteiger partial charge in [-0.05, 0) is 23.8 Å². The van der Waals surface area contributed by atoms with Gasteiger partial charge in [-0.1, -0.05) is 23.7 Å². The van der Waals surface area contributed by atoms with Gasteiger partial charge in [-0.25, -0.2) is 13.1 Å². The topological polar surface area (TPSA) is 74.8 Å². The molecule has 1 aromatic heterocycles. The van der Waals surface area contributed by atoms with Crippen LogP contribution in [-0.2, 0) is 22.2 Å². The summed E-state index contributed by atoms with van der Waals surface area (Å²) in [5, 5.41) is 7.17. The predicted molar refractivity (Wildman–Crippen MR) is 74.4 cm³/mol. The van der Waals surface area contributed by atoms with E-state index in [1.807, 2.05) is 6.07 Å². The number of aromatic amines is 1. The van der Waals surface area contributed by atoms with Crippen molar-refractivity contribution in [3.05, 3.63) is 52.8 Å². The molecule has 0 fully saturated rings. The Bertz CT molecular complexity index is 609. The molecule has 2 aromatic rings. The number of benzene rings is 1. The van der Waals surface area contributed by atoms with Crippen LogP contribution in [0.1, 0.15) is 11.3 Å². The summed E-state index contributed by atoms with van der Waals surface area (Å²) in [5.74, 6) is -0.0485. The molecule has 1 aromatic carbocycles. The largest absolute Gasteiger partial charge is 0.283 e. The number of sulfonamides is 1. The predicted octanol–water partition coefficient (Wildman–Crippen LogP) is 1.73. The van der Waals surface area contributed by atoms with Gasteiger partial charge in [-0.15, -0.1) is 0 Å². The number of hydrogen-bond acceptors (Lipinski definition) is 3. The maximum Gasteiger partial charge on any atom is 0.215 e. The highest BCUT2D eigenvalue weighted by molar-refractivity contribution is 7.88. The maximum absolute atomic E-state index is 11.8. The molecule has 0 atom stereocenters. The maximum atomic E-state index is 11.8. The molecule has 0 bridgehead atoms. The first-order valence-corrected chi connectivity index (χ1v) is 7.78. The monoisotopic (exact) mass is 299 g/mol. The van der Waals surface area contributed by atoms with Crippen LogP contribution in [0, 0.1) is 0 Å². The van der Waals surface area contributed by atoms with Gasteiger partial charge in [-0.3, -0.25) is 5.10 Å². The van der Waals surface area contributed by atoms with Gasteiger partial charge < -0.3 is 0 Å². The Kier molecular flexibility index (Phi) is 4.57. The average Bonchev–Trinajstić information content (AvgIpc) is 2.85. The lowest BCUT2D eigenvalue weighted by atomic mass is 10.2. The standard InChI is InChI=1S/C12H14ClN3O2S/c13-11-3-1-10(2-4-11)9-19(17,18)15-8-6-12-5-7-14-16-12/h1-5,7,15H,6,8-9H2,(H,14,16). The Hall–Kier alpha value is -1.37. The van der Waals surface area contributed by atoms with Crippen molar-refractivity contribution in [1.82, 2.24) is 14.9 Å². The summed E-state index contributed by atoms with van der Waals surface area (Å²) in [6.07, 6.45) is 2.22. The zero-order valence-electron chi connectivity index (χ0n) is 10.1. The molecule has 2 N–H and O–H groups in total. The van der Waals surface area contributed by atoms with Crippen LogP contribution in [0.25, 0.3) is 0 Å². The van der Waals surface area contributed by atoms with Crippen molar-refractivity contribution in [2.45, 2.75) is 12.2 Å². The first-order chi connectivity index (χ1) is 9.05. The number of aromatic nitrogens is 2. The van der Waals surface area contributed by atoms with E-state index in [1.165, 1.54) is 0 Å². The quantitative estimate of drug-likeness (QED) is 0.853. The van der Waals surface area contributed by atoms with Crippen LogP contribution in [0.15, 0.2) is 36.5 Å². The molecule has 0 saturated heterocycles. The molecule has 0 aliphatic rings. The molecular formula is C12H14ClN3O2S. The zero-order valence-corrected chi connectivity index (χ0v) is 11.7. The Morgan fingerprint density at radius 2 is 1.95 bits per heavy atom. The lowest BCUT2D eigenvalue weighted by Gasteiger charge is -2.06. The van der Waals surface area contributed by atoms with Gasteiger partial charge in [0.2, 0.25) is 10.0 Å². The molecule has 0 saturated carbocycles. The van der Waals surface area contributed by atoms with Gasteiger partial charge in [0.05, 0.1) is 5.75 Å². The minimum atomic E-state index is -3.33. The molecule has 1 heterocycles. The smallest absolute Gasteiger partial charge is 0.215 e. The van der Waals surface area contributed by atoms with Gasteiger partial charge in [0.25, 0.3) is 0 Å². The highest BCUT2D eigenvalue weighted by Gasteiger charge is 2.10. The molecular weight excluding hydrogens is 286 g/mol. The normalized spacial score (nSPS) is 11.6. The second-order valence-corrected chi connectivity index (χ2v) is 6.36. The summed E-state index contributed by atoms with van der Waals surface area (Å²) in [6.45, 7) is 0.345. The Morgan fingerprint density at radius 3 is 2.58 bits per heavy atom. The number of hydrogen-bond donors (Lipinski definition) is 2. The van der Waals surface area contributed by atoms with E-state index in [1.54, 1.807) is 30.5 Å². The summed E-state index contributed by atoms with van der Waals surface area (Å²) in [6, 6.07) is 8.58. The molecule has 0 spiro atoms. The SMILES string of the molecule is O=S(=O)(Cc1ccc(Cl)cc1)NCCc1ccn[nH]1. The molecule has 0 radical (unpaired) electrons. The molecule has 102 valence electrons. The van der Waals surface area contributed by atoms with E-state index in [9.17, 15) is 8.42 Å². The van der Waals surface area contributed by atoms with E-state index in [-0.39, 0.29) is 5.75 Å².